The van der Waals surface area contributed by atoms with E-state index in [9.17, 15) is 0 Å². The van der Waals surface area contributed by atoms with Gasteiger partial charge in [0.1, 0.15) is 16.6 Å². The average molecular weight is 640 g/mol. The molecule has 0 saturated heterocycles. The van der Waals surface area contributed by atoms with Crippen LogP contribution in [0.15, 0.2) is 180 Å². The van der Waals surface area contributed by atoms with Gasteiger partial charge in [-0.25, -0.2) is 15.0 Å². The molecule has 0 radical (unpaired) electrons. The fourth-order valence-corrected chi connectivity index (χ4v) is 7.80. The molecule has 0 fully saturated rings. The van der Waals surface area contributed by atoms with E-state index in [4.69, 9.17) is 19.4 Å². The molecule has 1 aliphatic rings. The zero-order chi connectivity index (χ0) is 33.1. The summed E-state index contributed by atoms with van der Waals surface area (Å²) in [6, 6.07) is 61.3. The minimum Gasteiger partial charge on any atom is -0.456 e. The van der Waals surface area contributed by atoms with E-state index in [2.05, 4.69) is 127 Å². The van der Waals surface area contributed by atoms with E-state index >= 15 is 0 Å². The standard InChI is InChI=1S/C46H29N3O/c1-3-14-30(15-4-1)31-26-28-33(29-27-31)46(38-22-10-7-18-34(38)35-19-8-11-23-39(35)46)45-48-43(32-16-5-2-6-17-32)47-44(49-45)37-21-13-25-41-42(37)36-20-9-12-24-40(36)50-41/h1-29H. The SMILES string of the molecule is c1ccc(-c2ccc(C3(c4nc(-c5ccccc5)nc(-c5cccc6oc7ccccc7c56)n4)c4ccccc4-c4ccccc43)cc2)cc1. The quantitative estimate of drug-likeness (QED) is 0.188. The van der Waals surface area contributed by atoms with Crippen LogP contribution in [0.25, 0.3) is 67.0 Å². The van der Waals surface area contributed by atoms with E-state index in [0.717, 1.165) is 55.3 Å². The van der Waals surface area contributed by atoms with E-state index in [-0.39, 0.29) is 0 Å². The third kappa shape index (κ3) is 4.22. The largest absolute Gasteiger partial charge is 0.456 e. The Balaban J connectivity index is 1.31. The van der Waals surface area contributed by atoms with Crippen molar-refractivity contribution in [2.45, 2.75) is 5.41 Å². The van der Waals surface area contributed by atoms with Crippen molar-refractivity contribution in [3.05, 3.63) is 198 Å². The molecular formula is C46H29N3O. The third-order valence-corrected chi connectivity index (χ3v) is 10.0. The Kier molecular flexibility index (Phi) is 6.36. The normalized spacial score (nSPS) is 13.0. The molecule has 4 nitrogen and oxygen atoms in total. The molecule has 4 heteroatoms. The Morgan fingerprint density at radius 1 is 0.380 bits per heavy atom. The van der Waals surface area contributed by atoms with Crippen LogP contribution in [0.5, 0.6) is 0 Å². The maximum atomic E-state index is 6.32. The second-order valence-electron chi connectivity index (χ2n) is 12.7. The minimum atomic E-state index is -0.810. The summed E-state index contributed by atoms with van der Waals surface area (Å²) in [5, 5.41) is 2.02. The van der Waals surface area contributed by atoms with Gasteiger partial charge in [0.15, 0.2) is 17.5 Å². The summed E-state index contributed by atoms with van der Waals surface area (Å²) >= 11 is 0. The smallest absolute Gasteiger partial charge is 0.164 e. The van der Waals surface area contributed by atoms with E-state index < -0.39 is 5.41 Å². The summed E-state index contributed by atoms with van der Waals surface area (Å²) in [6.07, 6.45) is 0. The summed E-state index contributed by atoms with van der Waals surface area (Å²) in [5.74, 6) is 1.90. The van der Waals surface area contributed by atoms with Crippen molar-refractivity contribution in [3.8, 4) is 45.0 Å². The molecule has 0 unspecified atom stereocenters. The zero-order valence-electron chi connectivity index (χ0n) is 27.0. The number of rotatable bonds is 5. The van der Waals surface area contributed by atoms with Gasteiger partial charge in [0.05, 0.1) is 0 Å². The van der Waals surface area contributed by atoms with Crippen molar-refractivity contribution < 1.29 is 4.42 Å². The lowest BCUT2D eigenvalue weighted by molar-refractivity contribution is 0.669. The average Bonchev–Trinajstić information content (AvgIpc) is 3.73. The Morgan fingerprint density at radius 2 is 0.920 bits per heavy atom. The first-order chi connectivity index (χ1) is 24.8. The highest BCUT2D eigenvalue weighted by atomic mass is 16.3. The summed E-state index contributed by atoms with van der Waals surface area (Å²) in [5.41, 5.74) is 10.7. The highest BCUT2D eigenvalue weighted by Crippen LogP contribution is 2.55. The monoisotopic (exact) mass is 639 g/mol. The fraction of sp³-hybridized carbons (Fsp3) is 0.0217. The van der Waals surface area contributed by atoms with Gasteiger partial charge < -0.3 is 4.42 Å². The van der Waals surface area contributed by atoms with Crippen LogP contribution >= 0.6 is 0 Å². The van der Waals surface area contributed by atoms with E-state index in [1.807, 2.05) is 48.5 Å². The van der Waals surface area contributed by atoms with Crippen LogP contribution in [0.1, 0.15) is 22.5 Å². The maximum Gasteiger partial charge on any atom is 0.164 e. The lowest BCUT2D eigenvalue weighted by Gasteiger charge is -2.32. The van der Waals surface area contributed by atoms with Crippen LogP contribution in [0.2, 0.25) is 0 Å². The number of aromatic nitrogens is 3. The molecule has 0 amide bonds. The molecule has 0 saturated carbocycles. The molecule has 1 aliphatic carbocycles. The Morgan fingerprint density at radius 3 is 1.64 bits per heavy atom. The molecule has 10 rings (SSSR count). The van der Waals surface area contributed by atoms with Gasteiger partial charge >= 0.3 is 0 Å². The van der Waals surface area contributed by atoms with Crippen molar-refractivity contribution in [3.63, 3.8) is 0 Å². The van der Waals surface area contributed by atoms with Crippen LogP contribution < -0.4 is 0 Å². The first-order valence-electron chi connectivity index (χ1n) is 16.9. The number of benzene rings is 7. The molecule has 0 spiro atoms. The van der Waals surface area contributed by atoms with Crippen LogP contribution in [0, 0.1) is 0 Å². The molecule has 234 valence electrons. The number of para-hydroxylation sites is 1. The molecule has 7 aromatic carbocycles. The Bertz CT molecular complexity index is 2650. The summed E-state index contributed by atoms with van der Waals surface area (Å²) in [6.45, 7) is 0. The molecule has 2 aromatic heterocycles. The van der Waals surface area contributed by atoms with Crippen molar-refractivity contribution in [1.82, 2.24) is 15.0 Å². The molecule has 0 aliphatic heterocycles. The second kappa shape index (κ2) is 11.2. The molecule has 2 heterocycles. The van der Waals surface area contributed by atoms with Gasteiger partial charge in [-0.3, -0.25) is 0 Å². The van der Waals surface area contributed by atoms with Crippen LogP contribution in [0.3, 0.4) is 0 Å². The number of furan rings is 1. The Hall–Kier alpha value is -6.65. The first-order valence-corrected chi connectivity index (χ1v) is 16.9. The van der Waals surface area contributed by atoms with Crippen molar-refractivity contribution in [2.75, 3.05) is 0 Å². The molecule has 0 atom stereocenters. The predicted molar refractivity (Wildman–Crippen MR) is 201 cm³/mol. The third-order valence-electron chi connectivity index (χ3n) is 10.0. The molecule has 9 aromatic rings. The van der Waals surface area contributed by atoms with E-state index in [1.165, 1.54) is 16.7 Å². The van der Waals surface area contributed by atoms with Crippen molar-refractivity contribution >= 4 is 21.9 Å². The lowest BCUT2D eigenvalue weighted by Crippen LogP contribution is -2.31. The topological polar surface area (TPSA) is 51.8 Å². The van der Waals surface area contributed by atoms with E-state index in [0.29, 0.717) is 17.5 Å². The summed E-state index contributed by atoms with van der Waals surface area (Å²) in [7, 11) is 0. The van der Waals surface area contributed by atoms with Crippen LogP contribution in [-0.2, 0) is 5.41 Å². The van der Waals surface area contributed by atoms with Crippen LogP contribution in [0.4, 0.5) is 0 Å². The maximum absolute atomic E-state index is 6.32. The number of hydrogen-bond donors (Lipinski definition) is 0. The Labute approximate surface area is 289 Å². The van der Waals surface area contributed by atoms with Gasteiger partial charge in [0, 0.05) is 21.9 Å². The summed E-state index contributed by atoms with van der Waals surface area (Å²) < 4.78 is 6.32. The molecule has 50 heavy (non-hydrogen) atoms. The minimum absolute atomic E-state index is 0.605. The van der Waals surface area contributed by atoms with E-state index in [1.54, 1.807) is 0 Å². The van der Waals surface area contributed by atoms with Gasteiger partial charge in [-0.1, -0.05) is 164 Å². The summed E-state index contributed by atoms with van der Waals surface area (Å²) in [4.78, 5) is 16.1. The number of hydrogen-bond acceptors (Lipinski definition) is 4. The highest BCUT2D eigenvalue weighted by molar-refractivity contribution is 6.11. The highest BCUT2D eigenvalue weighted by Gasteiger charge is 2.49. The zero-order valence-corrected chi connectivity index (χ0v) is 27.0. The lowest BCUT2D eigenvalue weighted by atomic mass is 9.71. The van der Waals surface area contributed by atoms with Gasteiger partial charge in [-0.05, 0) is 51.1 Å². The molecule has 0 bridgehead atoms. The van der Waals surface area contributed by atoms with Crippen LogP contribution in [-0.4, -0.2) is 15.0 Å². The fourth-order valence-electron chi connectivity index (χ4n) is 7.80. The predicted octanol–water partition coefficient (Wildman–Crippen LogP) is 11.1. The first kappa shape index (κ1) is 28.4. The van der Waals surface area contributed by atoms with Crippen molar-refractivity contribution in [1.29, 1.82) is 0 Å². The molecule has 0 N–H and O–H groups in total. The van der Waals surface area contributed by atoms with Gasteiger partial charge in [0.2, 0.25) is 0 Å². The van der Waals surface area contributed by atoms with Gasteiger partial charge in [0.25, 0.3) is 0 Å². The molecular weight excluding hydrogens is 611 g/mol. The van der Waals surface area contributed by atoms with Gasteiger partial charge in [-0.2, -0.15) is 0 Å². The second-order valence-corrected chi connectivity index (χ2v) is 12.7. The number of nitrogens with zero attached hydrogens (tertiary/aromatic N) is 3. The number of fused-ring (bicyclic) bond motifs is 6. The van der Waals surface area contributed by atoms with Crippen molar-refractivity contribution in [2.24, 2.45) is 0 Å². The van der Waals surface area contributed by atoms with Gasteiger partial charge in [-0.15, -0.1) is 0 Å².